The Morgan fingerprint density at radius 3 is 2.29 bits per heavy atom. The second-order valence-electron chi connectivity index (χ2n) is 6.40. The fourth-order valence-corrected chi connectivity index (χ4v) is 4.50. The van der Waals surface area contributed by atoms with Crippen LogP contribution in [0.3, 0.4) is 0 Å². The molecule has 2 atom stereocenters. The Morgan fingerprint density at radius 1 is 1.00 bits per heavy atom. The summed E-state index contributed by atoms with van der Waals surface area (Å²) in [5, 5.41) is 4.46. The Bertz CT molecular complexity index is 555. The molecule has 0 spiro atoms. The van der Waals surface area contributed by atoms with E-state index in [1.54, 1.807) is 11.3 Å². The number of likely N-dealkylation sites (tertiary alicyclic amines) is 2. The molecule has 4 rings (SSSR count). The number of fused-ring (bicyclic) bond motifs is 1. The quantitative estimate of drug-likeness (QED) is 0.865. The molecule has 2 aromatic rings. The Labute approximate surface area is 130 Å². The van der Waals surface area contributed by atoms with Crippen molar-refractivity contribution in [3.05, 3.63) is 52.5 Å². The second-order valence-corrected chi connectivity index (χ2v) is 7.18. The molecule has 2 aliphatic heterocycles. The third-order valence-electron chi connectivity index (χ3n) is 4.75. The molecule has 2 aromatic heterocycles. The molecule has 3 nitrogen and oxygen atoms in total. The van der Waals surface area contributed by atoms with Crippen molar-refractivity contribution in [2.45, 2.75) is 13.1 Å². The maximum Gasteiger partial charge on any atom is 0.0312 e. The van der Waals surface area contributed by atoms with E-state index in [9.17, 15) is 0 Å². The van der Waals surface area contributed by atoms with Crippen molar-refractivity contribution >= 4 is 11.3 Å². The van der Waals surface area contributed by atoms with Gasteiger partial charge in [0.05, 0.1) is 0 Å². The number of rotatable bonds is 4. The predicted molar refractivity (Wildman–Crippen MR) is 86.1 cm³/mol. The third-order valence-corrected chi connectivity index (χ3v) is 5.48. The van der Waals surface area contributed by atoms with Crippen LogP contribution in [0.25, 0.3) is 0 Å². The molecular weight excluding hydrogens is 278 g/mol. The van der Waals surface area contributed by atoms with E-state index in [4.69, 9.17) is 0 Å². The number of hydrogen-bond acceptors (Lipinski definition) is 4. The summed E-state index contributed by atoms with van der Waals surface area (Å²) in [7, 11) is 0. The van der Waals surface area contributed by atoms with Gasteiger partial charge in [-0.25, -0.2) is 0 Å². The largest absolute Gasteiger partial charge is 0.298 e. The number of aromatic nitrogens is 1. The van der Waals surface area contributed by atoms with Crippen LogP contribution in [0.5, 0.6) is 0 Å². The lowest BCUT2D eigenvalue weighted by Crippen LogP contribution is -2.28. The van der Waals surface area contributed by atoms with Gasteiger partial charge in [0.25, 0.3) is 0 Å². The third kappa shape index (κ3) is 3.03. The van der Waals surface area contributed by atoms with E-state index in [1.165, 1.54) is 37.3 Å². The molecule has 2 aliphatic rings. The van der Waals surface area contributed by atoms with Crippen molar-refractivity contribution in [3.63, 3.8) is 0 Å². The minimum absolute atomic E-state index is 0.861. The van der Waals surface area contributed by atoms with Gasteiger partial charge in [-0.3, -0.25) is 14.8 Å². The van der Waals surface area contributed by atoms with E-state index in [0.29, 0.717) is 0 Å². The molecule has 0 bridgehead atoms. The normalized spacial score (nSPS) is 26.3. The van der Waals surface area contributed by atoms with Crippen molar-refractivity contribution in [3.8, 4) is 0 Å². The fraction of sp³-hybridized carbons (Fsp3) is 0.471. The van der Waals surface area contributed by atoms with Crippen LogP contribution in [0.4, 0.5) is 0 Å². The van der Waals surface area contributed by atoms with E-state index < -0.39 is 0 Å². The molecular formula is C17H21N3S. The molecule has 0 aliphatic carbocycles. The topological polar surface area (TPSA) is 19.4 Å². The van der Waals surface area contributed by atoms with Crippen LogP contribution in [-0.2, 0) is 13.1 Å². The molecule has 110 valence electrons. The smallest absolute Gasteiger partial charge is 0.0312 e. The summed E-state index contributed by atoms with van der Waals surface area (Å²) < 4.78 is 0. The van der Waals surface area contributed by atoms with E-state index >= 15 is 0 Å². The molecule has 2 saturated heterocycles. The van der Waals surface area contributed by atoms with E-state index in [1.807, 2.05) is 18.5 Å². The molecule has 21 heavy (non-hydrogen) atoms. The predicted octanol–water partition coefficient (Wildman–Crippen LogP) is 2.71. The Balaban J connectivity index is 1.31. The van der Waals surface area contributed by atoms with Crippen LogP contribution in [0.1, 0.15) is 11.1 Å². The summed E-state index contributed by atoms with van der Waals surface area (Å²) >= 11 is 1.81. The summed E-state index contributed by atoms with van der Waals surface area (Å²) in [5.41, 5.74) is 2.82. The molecule has 0 amide bonds. The van der Waals surface area contributed by atoms with Crippen molar-refractivity contribution in [2.24, 2.45) is 11.8 Å². The van der Waals surface area contributed by atoms with E-state index in [-0.39, 0.29) is 0 Å². The van der Waals surface area contributed by atoms with Gasteiger partial charge in [-0.1, -0.05) is 6.07 Å². The van der Waals surface area contributed by atoms with Crippen molar-refractivity contribution in [2.75, 3.05) is 26.2 Å². The lowest BCUT2D eigenvalue weighted by atomic mass is 10.0. The highest BCUT2D eigenvalue weighted by Gasteiger charge is 2.39. The summed E-state index contributed by atoms with van der Waals surface area (Å²) in [6.07, 6.45) is 3.85. The molecule has 2 fully saturated rings. The minimum Gasteiger partial charge on any atom is -0.298 e. The highest BCUT2D eigenvalue weighted by Crippen LogP contribution is 2.32. The zero-order chi connectivity index (χ0) is 14.1. The van der Waals surface area contributed by atoms with Gasteiger partial charge in [-0.05, 0) is 45.9 Å². The van der Waals surface area contributed by atoms with Crippen LogP contribution in [-0.4, -0.2) is 41.0 Å². The maximum atomic E-state index is 4.22. The van der Waals surface area contributed by atoms with Crippen LogP contribution < -0.4 is 0 Å². The molecule has 0 N–H and O–H groups in total. The average molecular weight is 299 g/mol. The standard InChI is InChI=1S/C17H21N3S/c1-2-14(6-18-4-1)7-19-9-16-11-20(12-17(16)10-19)8-15-3-5-21-13-15/h1-6,13,16-17H,7-12H2. The Hall–Kier alpha value is -1.23. The maximum absolute atomic E-state index is 4.22. The van der Waals surface area contributed by atoms with Crippen LogP contribution >= 0.6 is 11.3 Å². The van der Waals surface area contributed by atoms with E-state index in [0.717, 1.165) is 24.9 Å². The average Bonchev–Trinajstić information content (AvgIpc) is 3.17. The van der Waals surface area contributed by atoms with E-state index in [2.05, 4.69) is 37.7 Å². The number of pyridine rings is 1. The van der Waals surface area contributed by atoms with Crippen LogP contribution in [0, 0.1) is 11.8 Å². The van der Waals surface area contributed by atoms with Gasteiger partial charge in [0.15, 0.2) is 0 Å². The minimum atomic E-state index is 0.861. The van der Waals surface area contributed by atoms with Gasteiger partial charge in [0, 0.05) is 51.7 Å². The molecule has 0 aromatic carbocycles. The summed E-state index contributed by atoms with van der Waals surface area (Å²) in [5.74, 6) is 1.72. The monoisotopic (exact) mass is 299 g/mol. The second kappa shape index (κ2) is 5.87. The lowest BCUT2D eigenvalue weighted by Gasteiger charge is -2.21. The van der Waals surface area contributed by atoms with Crippen molar-refractivity contribution in [1.29, 1.82) is 0 Å². The Morgan fingerprint density at radius 2 is 1.71 bits per heavy atom. The van der Waals surface area contributed by atoms with Gasteiger partial charge < -0.3 is 0 Å². The number of thiophene rings is 1. The zero-order valence-electron chi connectivity index (χ0n) is 12.2. The number of nitrogens with zero attached hydrogens (tertiary/aromatic N) is 3. The Kier molecular flexibility index (Phi) is 3.76. The summed E-state index contributed by atoms with van der Waals surface area (Å²) in [6, 6.07) is 6.48. The van der Waals surface area contributed by atoms with Crippen LogP contribution in [0.15, 0.2) is 41.4 Å². The first-order chi connectivity index (χ1) is 10.4. The van der Waals surface area contributed by atoms with Crippen LogP contribution in [0.2, 0.25) is 0 Å². The molecule has 4 heterocycles. The van der Waals surface area contributed by atoms with Gasteiger partial charge in [-0.15, -0.1) is 0 Å². The molecule has 4 heteroatoms. The molecule has 0 saturated carbocycles. The van der Waals surface area contributed by atoms with Gasteiger partial charge in [-0.2, -0.15) is 11.3 Å². The molecule has 0 radical (unpaired) electrons. The zero-order valence-corrected chi connectivity index (χ0v) is 13.0. The SMILES string of the molecule is c1cncc(CN2CC3CN(Cc4ccsc4)CC3C2)c1. The molecule has 2 unspecified atom stereocenters. The fourth-order valence-electron chi connectivity index (χ4n) is 3.84. The summed E-state index contributed by atoms with van der Waals surface area (Å²) in [6.45, 7) is 7.23. The first kappa shape index (κ1) is 13.4. The van der Waals surface area contributed by atoms with Crippen molar-refractivity contribution in [1.82, 2.24) is 14.8 Å². The first-order valence-corrected chi connectivity index (χ1v) is 8.66. The summed E-state index contributed by atoms with van der Waals surface area (Å²) in [4.78, 5) is 9.46. The van der Waals surface area contributed by atoms with Gasteiger partial charge >= 0.3 is 0 Å². The van der Waals surface area contributed by atoms with Crippen molar-refractivity contribution < 1.29 is 0 Å². The highest BCUT2D eigenvalue weighted by molar-refractivity contribution is 7.07. The van der Waals surface area contributed by atoms with Gasteiger partial charge in [0.2, 0.25) is 0 Å². The number of hydrogen-bond donors (Lipinski definition) is 0. The lowest BCUT2D eigenvalue weighted by molar-refractivity contribution is 0.246. The highest BCUT2D eigenvalue weighted by atomic mass is 32.1. The van der Waals surface area contributed by atoms with Gasteiger partial charge in [0.1, 0.15) is 0 Å². The first-order valence-electron chi connectivity index (χ1n) is 7.71.